The van der Waals surface area contributed by atoms with Crippen LogP contribution in [0, 0.1) is 11.8 Å². The van der Waals surface area contributed by atoms with Gasteiger partial charge in [0.2, 0.25) is 0 Å². The fourth-order valence-corrected chi connectivity index (χ4v) is 4.49. The summed E-state index contributed by atoms with van der Waals surface area (Å²) in [6.45, 7) is 2.21. The molecule has 6 heteroatoms. The Balaban J connectivity index is 1.68. The highest BCUT2D eigenvalue weighted by molar-refractivity contribution is 14.1. The van der Waals surface area contributed by atoms with Crippen LogP contribution in [0.25, 0.3) is 0 Å². The number of benzene rings is 1. The van der Waals surface area contributed by atoms with Crippen molar-refractivity contribution in [2.75, 3.05) is 5.32 Å². The Morgan fingerprint density at radius 3 is 2.96 bits per heavy atom. The van der Waals surface area contributed by atoms with Crippen molar-refractivity contribution in [1.82, 2.24) is 0 Å². The molecule has 1 aliphatic rings. The van der Waals surface area contributed by atoms with E-state index in [1.54, 1.807) is 24.3 Å². The van der Waals surface area contributed by atoms with Crippen LogP contribution in [0.2, 0.25) is 0 Å². The number of aliphatic hydroxyl groups is 1. The lowest BCUT2D eigenvalue weighted by Gasteiger charge is -2.33. The molecule has 0 spiro atoms. The number of amides is 1. The number of rotatable bonds is 4. The summed E-state index contributed by atoms with van der Waals surface area (Å²) in [4.78, 5) is 16.5. The van der Waals surface area contributed by atoms with Crippen molar-refractivity contribution in [3.05, 3.63) is 48.4 Å². The first kappa shape index (κ1) is 18.1. The molecule has 4 atom stereocenters. The van der Waals surface area contributed by atoms with E-state index >= 15 is 0 Å². The second kappa shape index (κ2) is 8.14. The van der Waals surface area contributed by atoms with Gasteiger partial charge in [-0.2, -0.15) is 0 Å². The number of carbonyl (C=O) groups is 1. The van der Waals surface area contributed by atoms with Crippen LogP contribution in [0.5, 0.6) is 0 Å². The predicted octanol–water partition coefficient (Wildman–Crippen LogP) is 4.44. The quantitative estimate of drug-likeness (QED) is 0.409. The maximum Gasteiger partial charge on any atom is 0.291 e. The molecule has 1 aliphatic carbocycles. The van der Waals surface area contributed by atoms with Gasteiger partial charge in [-0.25, -0.2) is 0 Å². The largest absolute Gasteiger partial charge is 0.459 e. The van der Waals surface area contributed by atoms with Crippen LogP contribution in [-0.2, 0) is 0 Å². The maximum atomic E-state index is 12.0. The fourth-order valence-electron chi connectivity index (χ4n) is 3.09. The predicted molar refractivity (Wildman–Crippen MR) is 107 cm³/mol. The Kier molecular flexibility index (Phi) is 5.90. The Morgan fingerprint density at radius 2 is 2.20 bits per heavy atom. The Hall–Kier alpha value is -1.67. The van der Waals surface area contributed by atoms with E-state index in [2.05, 4.69) is 39.8 Å². The van der Waals surface area contributed by atoms with Gasteiger partial charge in [0, 0.05) is 21.7 Å². The lowest BCUT2D eigenvalue weighted by Crippen LogP contribution is -2.37. The summed E-state index contributed by atoms with van der Waals surface area (Å²) in [7, 11) is 0. The van der Waals surface area contributed by atoms with Crippen LogP contribution in [0.1, 0.15) is 30.3 Å². The summed E-state index contributed by atoms with van der Waals surface area (Å²) in [6, 6.07) is 10.6. The highest BCUT2D eigenvalue weighted by Crippen LogP contribution is 2.33. The van der Waals surface area contributed by atoms with E-state index in [-0.39, 0.29) is 27.6 Å². The van der Waals surface area contributed by atoms with Gasteiger partial charge < -0.3 is 14.8 Å². The third-order valence-electron chi connectivity index (χ3n) is 4.38. The van der Waals surface area contributed by atoms with Crippen molar-refractivity contribution in [2.45, 2.75) is 29.8 Å². The van der Waals surface area contributed by atoms with Crippen molar-refractivity contribution in [3.63, 3.8) is 0 Å². The van der Waals surface area contributed by atoms with Crippen LogP contribution in [0.15, 0.2) is 52.1 Å². The Labute approximate surface area is 160 Å². The van der Waals surface area contributed by atoms with Gasteiger partial charge in [0.25, 0.3) is 5.91 Å². The van der Waals surface area contributed by atoms with Gasteiger partial charge in [0.05, 0.1) is 18.1 Å². The third kappa shape index (κ3) is 4.70. The van der Waals surface area contributed by atoms with Crippen LogP contribution in [-0.4, -0.2) is 27.3 Å². The zero-order valence-electron chi connectivity index (χ0n) is 13.9. The zero-order valence-corrected chi connectivity index (χ0v) is 16.1. The average molecular weight is 452 g/mol. The fraction of sp³-hybridized carbons (Fsp3) is 0.368. The van der Waals surface area contributed by atoms with E-state index in [4.69, 9.17) is 4.42 Å². The number of furan rings is 1. The zero-order chi connectivity index (χ0) is 17.8. The van der Waals surface area contributed by atoms with E-state index in [9.17, 15) is 9.90 Å². The third-order valence-corrected chi connectivity index (χ3v) is 5.62. The van der Waals surface area contributed by atoms with Gasteiger partial charge in [0.15, 0.2) is 5.76 Å². The molecule has 0 radical (unpaired) electrons. The number of alkyl halides is 1. The summed E-state index contributed by atoms with van der Waals surface area (Å²) in [6.07, 6.45) is 4.94. The van der Waals surface area contributed by atoms with Crippen LogP contribution < -0.4 is 5.32 Å². The normalized spacial score (nSPS) is 26.7. The summed E-state index contributed by atoms with van der Waals surface area (Å²) in [5, 5.41) is 13.1. The molecule has 0 aliphatic heterocycles. The van der Waals surface area contributed by atoms with E-state index in [0.717, 1.165) is 18.5 Å². The number of nitrogens with one attached hydrogen (secondary N) is 1. The molecule has 0 saturated heterocycles. The highest BCUT2D eigenvalue weighted by Gasteiger charge is 2.32. The number of nitrogens with zero attached hydrogens (tertiary/aromatic N) is 1. The molecular formula is C19H21IN2O3. The molecule has 2 aromatic rings. The molecular weight excluding hydrogens is 431 g/mol. The van der Waals surface area contributed by atoms with Gasteiger partial charge in [-0.3, -0.25) is 9.79 Å². The number of hydrogen-bond acceptors (Lipinski definition) is 4. The molecule has 0 bridgehead atoms. The van der Waals surface area contributed by atoms with Gasteiger partial charge in [-0.15, -0.1) is 0 Å². The van der Waals surface area contributed by atoms with E-state index < -0.39 is 0 Å². The second-order valence-corrected chi connectivity index (χ2v) is 8.11. The van der Waals surface area contributed by atoms with Crippen molar-refractivity contribution in [3.8, 4) is 0 Å². The molecule has 132 valence electrons. The molecule has 1 heterocycles. The summed E-state index contributed by atoms with van der Waals surface area (Å²) >= 11 is 2.32. The smallest absolute Gasteiger partial charge is 0.291 e. The first-order valence-electron chi connectivity index (χ1n) is 8.34. The summed E-state index contributed by atoms with van der Waals surface area (Å²) in [5.74, 6) is 0.615. The molecule has 3 rings (SSSR count). The van der Waals surface area contributed by atoms with Crippen molar-refractivity contribution in [2.24, 2.45) is 16.8 Å². The second-order valence-electron chi connectivity index (χ2n) is 6.51. The van der Waals surface area contributed by atoms with E-state index in [0.29, 0.717) is 11.6 Å². The van der Waals surface area contributed by atoms with Crippen molar-refractivity contribution in [1.29, 1.82) is 0 Å². The first-order chi connectivity index (χ1) is 12.0. The van der Waals surface area contributed by atoms with E-state index in [1.807, 2.05) is 18.3 Å². The maximum absolute atomic E-state index is 12.0. The minimum Gasteiger partial charge on any atom is -0.459 e. The van der Waals surface area contributed by atoms with Crippen molar-refractivity contribution < 1.29 is 14.3 Å². The van der Waals surface area contributed by atoms with Gasteiger partial charge in [0.1, 0.15) is 0 Å². The monoisotopic (exact) mass is 452 g/mol. The molecule has 1 aromatic heterocycles. The number of hydrogen-bond donors (Lipinski definition) is 2. The summed E-state index contributed by atoms with van der Waals surface area (Å²) in [5.41, 5.74) is 1.40. The molecule has 1 fully saturated rings. The minimum atomic E-state index is -0.359. The van der Waals surface area contributed by atoms with Gasteiger partial charge in [-0.1, -0.05) is 35.6 Å². The molecule has 1 aromatic carbocycles. The molecule has 1 saturated carbocycles. The molecule has 1 amide bonds. The van der Waals surface area contributed by atoms with Crippen molar-refractivity contribution >= 4 is 46.1 Å². The average Bonchev–Trinajstić information content (AvgIpc) is 3.12. The van der Waals surface area contributed by atoms with Crippen LogP contribution in [0.4, 0.5) is 11.4 Å². The van der Waals surface area contributed by atoms with Crippen LogP contribution >= 0.6 is 22.6 Å². The van der Waals surface area contributed by atoms with Gasteiger partial charge >= 0.3 is 0 Å². The Bertz CT molecular complexity index is 745. The highest BCUT2D eigenvalue weighted by atomic mass is 127. The topological polar surface area (TPSA) is 74.8 Å². The lowest BCUT2D eigenvalue weighted by atomic mass is 9.81. The molecule has 5 nitrogen and oxygen atoms in total. The SMILES string of the molecule is C[C@H]1CC(I)C(O)C(C=Nc2cccc(NC(=O)c3ccco3)c2)C1. The lowest BCUT2D eigenvalue weighted by molar-refractivity contribution is 0.0968. The summed E-state index contributed by atoms with van der Waals surface area (Å²) < 4.78 is 5.35. The molecule has 3 unspecified atom stereocenters. The molecule has 25 heavy (non-hydrogen) atoms. The number of halogens is 1. The van der Waals surface area contributed by atoms with Gasteiger partial charge in [-0.05, 0) is 49.1 Å². The number of aliphatic imine (C=N–C) groups is 1. The molecule has 2 N–H and O–H groups in total. The number of carbonyl (C=O) groups excluding carboxylic acids is 1. The number of anilines is 1. The standard InChI is InChI=1S/C19H21IN2O3/c1-12-8-13(18(23)16(20)9-12)11-21-14-4-2-5-15(10-14)22-19(24)17-6-3-7-25-17/h2-7,10-13,16,18,23H,8-9H2,1H3,(H,22,24)/t12-,13?,16?,18?/m1/s1. The Morgan fingerprint density at radius 1 is 1.36 bits per heavy atom. The first-order valence-corrected chi connectivity index (χ1v) is 9.58. The number of aliphatic hydroxyl groups excluding tert-OH is 1. The van der Waals surface area contributed by atoms with E-state index in [1.165, 1.54) is 6.26 Å². The van der Waals surface area contributed by atoms with Crippen LogP contribution in [0.3, 0.4) is 0 Å². The minimum absolute atomic E-state index is 0.0621.